The van der Waals surface area contributed by atoms with Crippen LogP contribution in [0.2, 0.25) is 0 Å². The predicted octanol–water partition coefficient (Wildman–Crippen LogP) is 0.879. The summed E-state index contributed by atoms with van der Waals surface area (Å²) in [4.78, 5) is 28.4. The summed E-state index contributed by atoms with van der Waals surface area (Å²) in [6.07, 6.45) is 0.240. The van der Waals surface area contributed by atoms with Crippen molar-refractivity contribution in [2.24, 2.45) is 5.92 Å². The topological polar surface area (TPSA) is 71.1 Å². The summed E-state index contributed by atoms with van der Waals surface area (Å²) in [5, 5.41) is 2.93. The number of hydrogen-bond donors (Lipinski definition) is 1. The van der Waals surface area contributed by atoms with Crippen molar-refractivity contribution in [2.75, 3.05) is 51.3 Å². The van der Waals surface area contributed by atoms with Gasteiger partial charge in [-0.05, 0) is 25.7 Å². The third kappa shape index (κ3) is 4.04. The standard InChI is InChI=1S/C18H25N3O4/c1-3-20(2)7-6-19-18(23)13-10-17(22)21(12-13)14-4-5-15-16(11-14)25-9-8-24-15/h4-5,11,13H,3,6-10,12H2,1-2H3,(H,19,23)/t13-/m0/s1. The number of nitrogens with zero attached hydrogens (tertiary/aromatic N) is 2. The van der Waals surface area contributed by atoms with E-state index in [0.717, 1.165) is 18.8 Å². The average Bonchev–Trinajstić information content (AvgIpc) is 3.03. The number of rotatable bonds is 6. The van der Waals surface area contributed by atoms with Crippen molar-refractivity contribution in [2.45, 2.75) is 13.3 Å². The number of ether oxygens (including phenoxy) is 2. The number of benzene rings is 1. The predicted molar refractivity (Wildman–Crippen MR) is 94.1 cm³/mol. The summed E-state index contributed by atoms with van der Waals surface area (Å²) in [6, 6.07) is 5.45. The Labute approximate surface area is 147 Å². The summed E-state index contributed by atoms with van der Waals surface area (Å²) in [6.45, 7) is 5.84. The fraction of sp³-hybridized carbons (Fsp3) is 0.556. The lowest BCUT2D eigenvalue weighted by molar-refractivity contribution is -0.126. The van der Waals surface area contributed by atoms with Gasteiger partial charge in [-0.1, -0.05) is 6.92 Å². The van der Waals surface area contributed by atoms with Crippen molar-refractivity contribution in [1.29, 1.82) is 0 Å². The van der Waals surface area contributed by atoms with Gasteiger partial charge in [-0.25, -0.2) is 0 Å². The molecule has 3 rings (SSSR count). The quantitative estimate of drug-likeness (QED) is 0.827. The Morgan fingerprint density at radius 1 is 1.32 bits per heavy atom. The molecule has 0 aliphatic carbocycles. The van der Waals surface area contributed by atoms with Gasteiger partial charge in [0.15, 0.2) is 11.5 Å². The number of carbonyl (C=O) groups is 2. The second-order valence-electron chi connectivity index (χ2n) is 6.42. The monoisotopic (exact) mass is 347 g/mol. The van der Waals surface area contributed by atoms with Gasteiger partial charge in [-0.15, -0.1) is 0 Å². The van der Waals surface area contributed by atoms with E-state index >= 15 is 0 Å². The molecule has 136 valence electrons. The van der Waals surface area contributed by atoms with Crippen LogP contribution in [0.3, 0.4) is 0 Å². The molecule has 0 spiro atoms. The zero-order valence-corrected chi connectivity index (χ0v) is 14.8. The van der Waals surface area contributed by atoms with Crippen molar-refractivity contribution < 1.29 is 19.1 Å². The van der Waals surface area contributed by atoms with E-state index in [2.05, 4.69) is 17.1 Å². The number of carbonyl (C=O) groups excluding carboxylic acids is 2. The fourth-order valence-electron chi connectivity index (χ4n) is 3.01. The number of fused-ring (bicyclic) bond motifs is 1. The van der Waals surface area contributed by atoms with E-state index in [1.807, 2.05) is 25.2 Å². The third-order valence-corrected chi connectivity index (χ3v) is 4.67. The van der Waals surface area contributed by atoms with Crippen LogP contribution in [0.15, 0.2) is 18.2 Å². The van der Waals surface area contributed by atoms with Gasteiger partial charge in [0.25, 0.3) is 0 Å². The second-order valence-corrected chi connectivity index (χ2v) is 6.42. The first-order chi connectivity index (χ1) is 12.1. The van der Waals surface area contributed by atoms with Crippen LogP contribution in [0.25, 0.3) is 0 Å². The molecular formula is C18H25N3O4. The van der Waals surface area contributed by atoms with Crippen LogP contribution >= 0.6 is 0 Å². The smallest absolute Gasteiger partial charge is 0.227 e. The van der Waals surface area contributed by atoms with E-state index in [4.69, 9.17) is 9.47 Å². The van der Waals surface area contributed by atoms with Gasteiger partial charge < -0.3 is 24.6 Å². The first-order valence-electron chi connectivity index (χ1n) is 8.74. The van der Waals surface area contributed by atoms with E-state index in [1.165, 1.54) is 0 Å². The second kappa shape index (κ2) is 7.74. The molecule has 1 N–H and O–H groups in total. The lowest BCUT2D eigenvalue weighted by Crippen LogP contribution is -2.37. The van der Waals surface area contributed by atoms with Crippen molar-refractivity contribution >= 4 is 17.5 Å². The van der Waals surface area contributed by atoms with Crippen LogP contribution < -0.4 is 19.7 Å². The van der Waals surface area contributed by atoms with Crippen LogP contribution in [0, 0.1) is 5.92 Å². The van der Waals surface area contributed by atoms with Gasteiger partial charge in [-0.2, -0.15) is 0 Å². The minimum atomic E-state index is -0.312. The molecule has 2 heterocycles. The highest BCUT2D eigenvalue weighted by Crippen LogP contribution is 2.35. The molecule has 1 aromatic rings. The highest BCUT2D eigenvalue weighted by atomic mass is 16.6. The Kier molecular flexibility index (Phi) is 5.43. The number of likely N-dealkylation sites (N-methyl/N-ethyl adjacent to an activating group) is 1. The third-order valence-electron chi connectivity index (χ3n) is 4.67. The normalized spacial score (nSPS) is 19.4. The van der Waals surface area contributed by atoms with Gasteiger partial charge in [0.2, 0.25) is 11.8 Å². The molecule has 2 aliphatic rings. The van der Waals surface area contributed by atoms with Gasteiger partial charge in [0, 0.05) is 37.8 Å². The van der Waals surface area contributed by atoms with Gasteiger partial charge in [0.05, 0.1) is 5.92 Å². The van der Waals surface area contributed by atoms with Crippen molar-refractivity contribution in [1.82, 2.24) is 10.2 Å². The van der Waals surface area contributed by atoms with E-state index in [0.29, 0.717) is 37.8 Å². The summed E-state index contributed by atoms with van der Waals surface area (Å²) in [5.74, 6) is 0.927. The summed E-state index contributed by atoms with van der Waals surface area (Å²) >= 11 is 0. The SMILES string of the molecule is CCN(C)CCNC(=O)[C@H]1CC(=O)N(c2ccc3c(c2)OCCO3)C1. The van der Waals surface area contributed by atoms with Crippen molar-refractivity contribution in [3.05, 3.63) is 18.2 Å². The average molecular weight is 347 g/mol. The number of anilines is 1. The summed E-state index contributed by atoms with van der Waals surface area (Å²) in [7, 11) is 2.01. The van der Waals surface area contributed by atoms with Crippen LogP contribution in [0.1, 0.15) is 13.3 Å². The van der Waals surface area contributed by atoms with E-state index in [1.54, 1.807) is 4.90 Å². The molecule has 0 radical (unpaired) electrons. The van der Waals surface area contributed by atoms with Gasteiger partial charge >= 0.3 is 0 Å². The zero-order valence-electron chi connectivity index (χ0n) is 14.8. The van der Waals surface area contributed by atoms with Crippen LogP contribution in [0.4, 0.5) is 5.69 Å². The molecule has 0 aromatic heterocycles. The molecule has 0 saturated carbocycles. The summed E-state index contributed by atoms with van der Waals surface area (Å²) in [5.41, 5.74) is 0.746. The Bertz CT molecular complexity index is 649. The van der Waals surface area contributed by atoms with Gasteiger partial charge in [0.1, 0.15) is 13.2 Å². The highest BCUT2D eigenvalue weighted by molar-refractivity contribution is 6.00. The van der Waals surface area contributed by atoms with E-state index in [-0.39, 0.29) is 24.2 Å². The molecule has 1 aromatic carbocycles. The Morgan fingerprint density at radius 3 is 2.84 bits per heavy atom. The molecule has 0 bridgehead atoms. The van der Waals surface area contributed by atoms with Crippen molar-refractivity contribution in [3.8, 4) is 11.5 Å². The Hall–Kier alpha value is -2.28. The maximum atomic E-state index is 12.4. The summed E-state index contributed by atoms with van der Waals surface area (Å²) < 4.78 is 11.1. The van der Waals surface area contributed by atoms with Crippen molar-refractivity contribution in [3.63, 3.8) is 0 Å². The molecule has 7 heteroatoms. The number of nitrogens with one attached hydrogen (secondary N) is 1. The zero-order chi connectivity index (χ0) is 17.8. The van der Waals surface area contributed by atoms with E-state index < -0.39 is 0 Å². The maximum Gasteiger partial charge on any atom is 0.227 e. The minimum Gasteiger partial charge on any atom is -0.486 e. The fourth-order valence-corrected chi connectivity index (χ4v) is 3.01. The first-order valence-corrected chi connectivity index (χ1v) is 8.74. The largest absolute Gasteiger partial charge is 0.486 e. The minimum absolute atomic E-state index is 0.0393. The molecule has 1 fully saturated rings. The van der Waals surface area contributed by atoms with E-state index in [9.17, 15) is 9.59 Å². The lowest BCUT2D eigenvalue weighted by atomic mass is 10.1. The molecule has 0 unspecified atom stereocenters. The van der Waals surface area contributed by atoms with Gasteiger partial charge in [-0.3, -0.25) is 9.59 Å². The first kappa shape index (κ1) is 17.5. The van der Waals surface area contributed by atoms with Crippen LogP contribution in [0.5, 0.6) is 11.5 Å². The number of hydrogen-bond acceptors (Lipinski definition) is 5. The highest BCUT2D eigenvalue weighted by Gasteiger charge is 2.35. The molecular weight excluding hydrogens is 322 g/mol. The lowest BCUT2D eigenvalue weighted by Gasteiger charge is -2.22. The molecule has 2 amide bonds. The molecule has 2 aliphatic heterocycles. The Balaban J connectivity index is 1.59. The van der Waals surface area contributed by atoms with Crippen LogP contribution in [-0.4, -0.2) is 63.2 Å². The molecule has 1 saturated heterocycles. The molecule has 1 atom stereocenters. The number of amides is 2. The van der Waals surface area contributed by atoms with Crippen LogP contribution in [-0.2, 0) is 9.59 Å². The molecule has 25 heavy (non-hydrogen) atoms. The molecule has 7 nitrogen and oxygen atoms in total. The maximum absolute atomic E-state index is 12.4. The Morgan fingerprint density at radius 2 is 2.08 bits per heavy atom.